The van der Waals surface area contributed by atoms with Crippen molar-refractivity contribution in [2.75, 3.05) is 6.61 Å². The number of nitrogens with zero attached hydrogens (tertiary/aromatic N) is 5. The van der Waals surface area contributed by atoms with Crippen LogP contribution in [0.5, 0.6) is 6.01 Å². The Hall–Kier alpha value is -5.26. The van der Waals surface area contributed by atoms with E-state index in [0.717, 1.165) is 22.3 Å². The lowest BCUT2D eigenvalue weighted by Gasteiger charge is -2.16. The molecule has 1 unspecified atom stereocenters. The van der Waals surface area contributed by atoms with Crippen LogP contribution in [-0.4, -0.2) is 61.3 Å². The van der Waals surface area contributed by atoms with Crippen molar-refractivity contribution in [3.8, 4) is 28.5 Å². The van der Waals surface area contributed by atoms with E-state index in [1.54, 1.807) is 32.0 Å². The van der Waals surface area contributed by atoms with E-state index in [-0.39, 0.29) is 11.7 Å². The number of esters is 1. The van der Waals surface area contributed by atoms with E-state index in [9.17, 15) is 9.59 Å². The first-order valence-corrected chi connectivity index (χ1v) is 13.5. The van der Waals surface area contributed by atoms with E-state index in [1.165, 1.54) is 6.92 Å². The van der Waals surface area contributed by atoms with Gasteiger partial charge < -0.3 is 18.9 Å². The number of para-hydroxylation sites is 1. The summed E-state index contributed by atoms with van der Waals surface area (Å²) in [6, 6.07) is 21.4. The summed E-state index contributed by atoms with van der Waals surface area (Å²) in [7, 11) is 0. The molecule has 0 bridgehead atoms. The second kappa shape index (κ2) is 12.5. The molecule has 216 valence electrons. The van der Waals surface area contributed by atoms with Crippen molar-refractivity contribution in [2.24, 2.45) is 0 Å². The summed E-state index contributed by atoms with van der Waals surface area (Å²) in [4.78, 5) is 29.7. The fraction of sp³-hybridized carbons (Fsp3) is 0.267. The molecule has 5 rings (SSSR count). The average molecular weight is 571 g/mol. The van der Waals surface area contributed by atoms with Crippen molar-refractivity contribution < 1.29 is 28.5 Å². The summed E-state index contributed by atoms with van der Waals surface area (Å²) in [5.41, 5.74) is 5.11. The zero-order valence-corrected chi connectivity index (χ0v) is 23.6. The maximum atomic E-state index is 13.2. The summed E-state index contributed by atoms with van der Waals surface area (Å²) in [5, 5.41) is 14.4. The molecule has 5 aromatic rings. The molecule has 0 aliphatic rings. The van der Waals surface area contributed by atoms with Gasteiger partial charge in [0.1, 0.15) is 0 Å². The van der Waals surface area contributed by atoms with Gasteiger partial charge in [-0.05, 0) is 54.8 Å². The predicted octanol–water partition coefficient (Wildman–Crippen LogP) is 5.39. The second-order valence-electron chi connectivity index (χ2n) is 9.57. The Labute approximate surface area is 241 Å². The van der Waals surface area contributed by atoms with Gasteiger partial charge in [-0.3, -0.25) is 4.57 Å². The minimum absolute atomic E-state index is 0.254. The maximum Gasteiger partial charge on any atom is 0.511 e. The molecule has 42 heavy (non-hydrogen) atoms. The smallest absolute Gasteiger partial charge is 0.465 e. The number of carbonyl (C=O) groups is 2. The number of tetrazole rings is 1. The van der Waals surface area contributed by atoms with Crippen LogP contribution in [0.25, 0.3) is 33.5 Å². The number of imidazole rings is 1. The molecule has 12 nitrogen and oxygen atoms in total. The minimum atomic E-state index is -1.16. The van der Waals surface area contributed by atoms with Crippen molar-refractivity contribution in [3.63, 3.8) is 0 Å². The van der Waals surface area contributed by atoms with Gasteiger partial charge in [-0.25, -0.2) is 9.59 Å². The number of hydrogen-bond donors (Lipinski definition) is 1. The van der Waals surface area contributed by atoms with E-state index in [2.05, 4.69) is 25.6 Å². The molecule has 0 spiro atoms. The largest absolute Gasteiger partial charge is 0.511 e. The first kappa shape index (κ1) is 28.3. The molecule has 0 radical (unpaired) electrons. The molecule has 1 N–H and O–H groups in total. The lowest BCUT2D eigenvalue weighted by Crippen LogP contribution is -2.24. The molecule has 0 saturated carbocycles. The number of aromatic amines is 1. The Morgan fingerprint density at radius 3 is 2.36 bits per heavy atom. The number of fused-ring (bicyclic) bond motifs is 1. The fourth-order valence-electron chi connectivity index (χ4n) is 4.49. The third-order valence-electron chi connectivity index (χ3n) is 6.21. The third-order valence-corrected chi connectivity index (χ3v) is 6.21. The summed E-state index contributed by atoms with van der Waals surface area (Å²) >= 11 is 0. The summed E-state index contributed by atoms with van der Waals surface area (Å²) < 4.78 is 23.1. The van der Waals surface area contributed by atoms with Crippen molar-refractivity contribution >= 4 is 23.2 Å². The van der Waals surface area contributed by atoms with Crippen LogP contribution in [0.2, 0.25) is 0 Å². The zero-order valence-electron chi connectivity index (χ0n) is 23.6. The number of ether oxygens (including phenoxy) is 4. The highest BCUT2D eigenvalue weighted by Gasteiger charge is 2.23. The molecule has 1 atom stereocenters. The molecular weight excluding hydrogens is 540 g/mol. The Kier molecular flexibility index (Phi) is 8.42. The lowest BCUT2D eigenvalue weighted by atomic mass is 9.98. The molecule has 0 amide bonds. The molecule has 0 aliphatic heterocycles. The summed E-state index contributed by atoms with van der Waals surface area (Å²) in [6.45, 7) is 7.45. The molecule has 2 aromatic heterocycles. The molecule has 3 aromatic carbocycles. The van der Waals surface area contributed by atoms with Crippen LogP contribution in [0, 0.1) is 0 Å². The van der Waals surface area contributed by atoms with E-state index < -0.39 is 18.4 Å². The van der Waals surface area contributed by atoms with Gasteiger partial charge in [0.05, 0.1) is 35.9 Å². The van der Waals surface area contributed by atoms with Crippen LogP contribution >= 0.6 is 0 Å². The van der Waals surface area contributed by atoms with Gasteiger partial charge in [0.25, 0.3) is 6.01 Å². The van der Waals surface area contributed by atoms with Crippen molar-refractivity contribution in [3.05, 3.63) is 77.9 Å². The summed E-state index contributed by atoms with van der Waals surface area (Å²) in [5.74, 6) is -0.167. The number of carbonyl (C=O) groups excluding carboxylic acids is 2. The number of nitrogens with one attached hydrogen (secondary N) is 1. The Bertz CT molecular complexity index is 1680. The molecule has 0 fully saturated rings. The van der Waals surface area contributed by atoms with Crippen LogP contribution in [0.15, 0.2) is 66.7 Å². The Balaban J connectivity index is 1.43. The van der Waals surface area contributed by atoms with E-state index >= 15 is 0 Å². The van der Waals surface area contributed by atoms with Gasteiger partial charge >= 0.3 is 12.1 Å². The maximum absolute atomic E-state index is 13.2. The number of benzene rings is 3. The number of hydrogen-bond acceptors (Lipinski definition) is 10. The topological polar surface area (TPSA) is 143 Å². The molecular formula is C30H30N6O6. The highest BCUT2D eigenvalue weighted by Crippen LogP contribution is 2.31. The predicted molar refractivity (Wildman–Crippen MR) is 153 cm³/mol. The van der Waals surface area contributed by atoms with Crippen molar-refractivity contribution in [1.82, 2.24) is 30.2 Å². The minimum Gasteiger partial charge on any atom is -0.465 e. The highest BCUT2D eigenvalue weighted by molar-refractivity contribution is 6.02. The standard InChI is InChI=1S/C30H30N6O6/c1-5-39-29-31-25-12-8-11-24(28(37)41-19(4)42-30(38)40-18(2)3)26(25)36(29)17-20-13-15-21(16-14-20)22-9-6-7-10-23(22)27-32-34-35-33-27/h6-16,18-19H,5,17H2,1-4H3,(H,32,33,34,35). The Morgan fingerprint density at radius 1 is 0.905 bits per heavy atom. The quantitative estimate of drug-likeness (QED) is 0.171. The van der Waals surface area contributed by atoms with Crippen LogP contribution in [0.3, 0.4) is 0 Å². The normalized spacial score (nSPS) is 11.8. The lowest BCUT2D eigenvalue weighted by molar-refractivity contribution is -0.0865. The third kappa shape index (κ3) is 6.22. The van der Waals surface area contributed by atoms with Gasteiger partial charge in [-0.1, -0.05) is 54.6 Å². The SMILES string of the molecule is CCOc1nc2cccc(C(=O)OC(C)OC(=O)OC(C)C)c2n1Cc1ccc(-c2ccccc2-c2nn[nH]n2)cc1. The van der Waals surface area contributed by atoms with Crippen LogP contribution in [-0.2, 0) is 20.8 Å². The van der Waals surface area contributed by atoms with E-state index in [1.807, 2.05) is 60.0 Å². The number of H-pyrrole nitrogens is 1. The second-order valence-corrected chi connectivity index (χ2v) is 9.57. The number of rotatable bonds is 10. The van der Waals surface area contributed by atoms with Gasteiger partial charge in [0.2, 0.25) is 12.1 Å². The summed E-state index contributed by atoms with van der Waals surface area (Å²) in [6.07, 6.45) is -2.45. The van der Waals surface area contributed by atoms with Gasteiger partial charge in [0.15, 0.2) is 0 Å². The fourth-order valence-corrected chi connectivity index (χ4v) is 4.49. The van der Waals surface area contributed by atoms with Crippen LogP contribution < -0.4 is 4.74 Å². The number of aromatic nitrogens is 6. The molecule has 2 heterocycles. The molecule has 0 aliphatic carbocycles. The highest BCUT2D eigenvalue weighted by atomic mass is 16.8. The first-order valence-electron chi connectivity index (χ1n) is 13.5. The molecule has 0 saturated heterocycles. The van der Waals surface area contributed by atoms with Crippen molar-refractivity contribution in [2.45, 2.75) is 46.6 Å². The zero-order chi connectivity index (χ0) is 29.6. The average Bonchev–Trinajstić information content (AvgIpc) is 3.62. The first-order chi connectivity index (χ1) is 20.3. The van der Waals surface area contributed by atoms with Gasteiger partial charge in [0, 0.05) is 12.5 Å². The molecule has 12 heteroatoms. The van der Waals surface area contributed by atoms with E-state index in [0.29, 0.717) is 36.0 Å². The van der Waals surface area contributed by atoms with Crippen molar-refractivity contribution in [1.29, 1.82) is 0 Å². The van der Waals surface area contributed by atoms with Gasteiger partial charge in [-0.2, -0.15) is 10.2 Å². The van der Waals surface area contributed by atoms with Crippen LogP contribution in [0.4, 0.5) is 4.79 Å². The van der Waals surface area contributed by atoms with E-state index in [4.69, 9.17) is 18.9 Å². The van der Waals surface area contributed by atoms with Crippen LogP contribution in [0.1, 0.15) is 43.6 Å². The Morgan fingerprint density at radius 2 is 1.67 bits per heavy atom. The van der Waals surface area contributed by atoms with Gasteiger partial charge in [-0.15, -0.1) is 10.2 Å². The monoisotopic (exact) mass is 570 g/mol.